The molecule has 29 heavy (non-hydrogen) atoms. The highest BCUT2D eigenvalue weighted by Gasteiger charge is 2.48. The van der Waals surface area contributed by atoms with E-state index in [1.807, 2.05) is 38.1 Å². The van der Waals surface area contributed by atoms with E-state index in [4.69, 9.17) is 4.84 Å². The summed E-state index contributed by atoms with van der Waals surface area (Å²) in [6.07, 6.45) is 4.32. The number of hydrogen-bond acceptors (Lipinski definition) is 6. The Morgan fingerprint density at radius 1 is 1.24 bits per heavy atom. The molecule has 0 saturated carbocycles. The number of benzene rings is 1. The first-order valence-electron chi connectivity index (χ1n) is 9.61. The van der Waals surface area contributed by atoms with Crippen LogP contribution in [-0.2, 0) is 16.2 Å². The topological polar surface area (TPSA) is 96.8 Å². The number of carbonyl (C=O) groups excluding carboxylic acids is 2. The van der Waals surface area contributed by atoms with Gasteiger partial charge in [-0.2, -0.15) is 0 Å². The highest BCUT2D eigenvalue weighted by atomic mass is 16.7. The maximum Gasteiger partial charge on any atom is 0.269 e. The number of nitrogens with one attached hydrogen (secondary N) is 1. The van der Waals surface area contributed by atoms with Crippen LogP contribution in [0.15, 0.2) is 41.8 Å². The second-order valence-corrected chi connectivity index (χ2v) is 7.67. The van der Waals surface area contributed by atoms with E-state index >= 15 is 0 Å². The lowest BCUT2D eigenvalue weighted by atomic mass is 9.96. The molecule has 1 spiro atoms. The van der Waals surface area contributed by atoms with Crippen molar-refractivity contribution in [3.05, 3.63) is 59.2 Å². The number of amides is 2. The van der Waals surface area contributed by atoms with E-state index in [1.54, 1.807) is 17.3 Å². The molecular weight excluding hydrogens is 370 g/mol. The third-order valence-corrected chi connectivity index (χ3v) is 5.23. The number of aromatic nitrogens is 2. The largest absolute Gasteiger partial charge is 0.386 e. The van der Waals surface area contributed by atoms with Crippen LogP contribution in [0.4, 0.5) is 0 Å². The van der Waals surface area contributed by atoms with Gasteiger partial charge in [-0.05, 0) is 26.0 Å². The van der Waals surface area contributed by atoms with Gasteiger partial charge in [-0.1, -0.05) is 22.9 Å². The van der Waals surface area contributed by atoms with Gasteiger partial charge in [0, 0.05) is 31.1 Å². The highest BCUT2D eigenvalue weighted by molar-refractivity contribution is 6.39. The molecule has 2 aliphatic rings. The van der Waals surface area contributed by atoms with Crippen LogP contribution in [0.25, 0.3) is 0 Å². The summed E-state index contributed by atoms with van der Waals surface area (Å²) in [7, 11) is 0. The summed E-state index contributed by atoms with van der Waals surface area (Å²) in [5, 5.41) is 6.81. The molecule has 1 saturated heterocycles. The zero-order valence-corrected chi connectivity index (χ0v) is 16.5. The average Bonchev–Trinajstić information content (AvgIpc) is 3.34. The summed E-state index contributed by atoms with van der Waals surface area (Å²) < 4.78 is 0. The molecule has 2 aliphatic heterocycles. The monoisotopic (exact) mass is 393 g/mol. The molecule has 0 bridgehead atoms. The predicted octanol–water partition coefficient (Wildman–Crippen LogP) is 1.77. The van der Waals surface area contributed by atoms with Crippen molar-refractivity contribution in [2.45, 2.75) is 38.8 Å². The van der Waals surface area contributed by atoms with Crippen LogP contribution in [-0.4, -0.2) is 51.1 Å². The molecule has 1 N–H and O–H groups in total. The zero-order valence-electron chi connectivity index (χ0n) is 16.5. The van der Waals surface area contributed by atoms with Crippen LogP contribution >= 0.6 is 0 Å². The molecule has 0 unspecified atom stereocenters. The Balaban J connectivity index is 1.33. The van der Waals surface area contributed by atoms with Crippen LogP contribution < -0.4 is 5.32 Å². The minimum Gasteiger partial charge on any atom is -0.386 e. The molecule has 8 nitrogen and oxygen atoms in total. The van der Waals surface area contributed by atoms with Crippen LogP contribution in [0.1, 0.15) is 40.2 Å². The Labute approximate surface area is 169 Å². The number of nitrogens with zero attached hydrogens (tertiary/aromatic N) is 4. The first-order valence-corrected chi connectivity index (χ1v) is 9.61. The molecule has 1 atom stereocenters. The van der Waals surface area contributed by atoms with Crippen molar-refractivity contribution in [2.75, 3.05) is 13.1 Å². The standard InChI is InChI=1S/C21H23N5O3/c1-14-4-3-5-16(8-14)20(28)26-7-6-21(13-26)9-18(25-29-21)19(27)24-12-17-11-22-15(2)10-23-17/h3-5,8,10-11H,6-7,9,12-13H2,1-2H3,(H,24,27)/t21-/m1/s1. The van der Waals surface area contributed by atoms with Gasteiger partial charge in [0.15, 0.2) is 5.60 Å². The molecule has 150 valence electrons. The number of aryl methyl sites for hydroxylation is 2. The second kappa shape index (κ2) is 7.62. The first-order chi connectivity index (χ1) is 13.9. The summed E-state index contributed by atoms with van der Waals surface area (Å²) in [5.74, 6) is -0.308. The maximum atomic E-state index is 12.8. The lowest BCUT2D eigenvalue weighted by Gasteiger charge is -2.21. The Morgan fingerprint density at radius 3 is 2.86 bits per heavy atom. The summed E-state index contributed by atoms with van der Waals surface area (Å²) in [6, 6.07) is 7.54. The number of rotatable bonds is 4. The number of likely N-dealkylation sites (tertiary alicyclic amines) is 1. The average molecular weight is 393 g/mol. The SMILES string of the molecule is Cc1cccc(C(=O)N2CC[C@@]3(CC(C(=O)NCc4cnc(C)cn4)=NO3)C2)c1. The maximum absolute atomic E-state index is 12.8. The van der Waals surface area contributed by atoms with Crippen LogP contribution in [0.5, 0.6) is 0 Å². The zero-order chi connectivity index (χ0) is 20.4. The lowest BCUT2D eigenvalue weighted by molar-refractivity contribution is -0.115. The molecular formula is C21H23N5O3. The van der Waals surface area contributed by atoms with Gasteiger partial charge in [0.05, 0.1) is 30.7 Å². The summed E-state index contributed by atoms with van der Waals surface area (Å²) in [5.41, 5.74) is 2.93. The fraction of sp³-hybridized carbons (Fsp3) is 0.381. The van der Waals surface area contributed by atoms with Gasteiger partial charge in [-0.3, -0.25) is 19.6 Å². The third kappa shape index (κ3) is 4.11. The molecule has 2 amide bonds. The van der Waals surface area contributed by atoms with Crippen LogP contribution in [0.2, 0.25) is 0 Å². The van der Waals surface area contributed by atoms with Crippen molar-refractivity contribution < 1.29 is 14.4 Å². The van der Waals surface area contributed by atoms with E-state index in [0.29, 0.717) is 42.9 Å². The summed E-state index contributed by atoms with van der Waals surface area (Å²) in [6.45, 7) is 5.09. The van der Waals surface area contributed by atoms with Crippen molar-refractivity contribution in [1.29, 1.82) is 0 Å². The normalized spacial score (nSPS) is 20.5. The lowest BCUT2D eigenvalue weighted by Crippen LogP contribution is -2.38. The Hall–Kier alpha value is -3.29. The number of carbonyl (C=O) groups is 2. The van der Waals surface area contributed by atoms with Gasteiger partial charge < -0.3 is 15.1 Å². The predicted molar refractivity (Wildman–Crippen MR) is 106 cm³/mol. The fourth-order valence-corrected chi connectivity index (χ4v) is 3.62. The summed E-state index contributed by atoms with van der Waals surface area (Å²) >= 11 is 0. The van der Waals surface area contributed by atoms with Crippen molar-refractivity contribution in [3.63, 3.8) is 0 Å². The fourth-order valence-electron chi connectivity index (χ4n) is 3.62. The van der Waals surface area contributed by atoms with Crippen LogP contribution in [0, 0.1) is 13.8 Å². The Morgan fingerprint density at radius 2 is 2.10 bits per heavy atom. The van der Waals surface area contributed by atoms with Gasteiger partial charge in [-0.15, -0.1) is 0 Å². The van der Waals surface area contributed by atoms with Gasteiger partial charge in [-0.25, -0.2) is 0 Å². The minimum atomic E-state index is -0.615. The molecule has 1 fully saturated rings. The number of hydrogen-bond donors (Lipinski definition) is 1. The van der Waals surface area contributed by atoms with Gasteiger partial charge in [0.1, 0.15) is 5.71 Å². The van der Waals surface area contributed by atoms with E-state index < -0.39 is 5.60 Å². The van der Waals surface area contributed by atoms with E-state index in [0.717, 1.165) is 11.3 Å². The molecule has 1 aromatic carbocycles. The minimum absolute atomic E-state index is 0.0231. The van der Waals surface area contributed by atoms with E-state index in [1.165, 1.54) is 0 Å². The second-order valence-electron chi connectivity index (χ2n) is 7.67. The van der Waals surface area contributed by atoms with Crippen molar-refractivity contribution in [2.24, 2.45) is 5.16 Å². The van der Waals surface area contributed by atoms with Crippen molar-refractivity contribution in [3.8, 4) is 0 Å². The molecule has 3 heterocycles. The van der Waals surface area contributed by atoms with Crippen molar-refractivity contribution >= 4 is 17.5 Å². The quantitative estimate of drug-likeness (QED) is 0.854. The molecule has 0 aliphatic carbocycles. The molecule has 2 aromatic rings. The third-order valence-electron chi connectivity index (χ3n) is 5.23. The molecule has 4 rings (SSSR count). The van der Waals surface area contributed by atoms with Crippen molar-refractivity contribution in [1.82, 2.24) is 20.2 Å². The number of oxime groups is 1. The smallest absolute Gasteiger partial charge is 0.269 e. The molecule has 0 radical (unpaired) electrons. The Bertz CT molecular complexity index is 973. The van der Waals surface area contributed by atoms with E-state index in [9.17, 15) is 9.59 Å². The Kier molecular flexibility index (Phi) is 5.00. The van der Waals surface area contributed by atoms with Gasteiger partial charge in [0.25, 0.3) is 11.8 Å². The van der Waals surface area contributed by atoms with Gasteiger partial charge in [0.2, 0.25) is 0 Å². The molecule has 8 heteroatoms. The van der Waals surface area contributed by atoms with E-state index in [-0.39, 0.29) is 18.4 Å². The van der Waals surface area contributed by atoms with E-state index in [2.05, 4.69) is 20.4 Å². The van der Waals surface area contributed by atoms with Crippen LogP contribution in [0.3, 0.4) is 0 Å². The summed E-state index contributed by atoms with van der Waals surface area (Å²) in [4.78, 5) is 41.0. The highest BCUT2D eigenvalue weighted by Crippen LogP contribution is 2.34. The molecule has 1 aromatic heterocycles. The van der Waals surface area contributed by atoms with Gasteiger partial charge >= 0.3 is 0 Å². The first kappa shape index (κ1) is 19.0.